The molecule has 2 N–H and O–H groups in total. The van der Waals surface area contributed by atoms with E-state index >= 15 is 0 Å². The maximum atomic E-state index is 12.1. The van der Waals surface area contributed by atoms with Crippen molar-refractivity contribution in [2.45, 2.75) is 70.6 Å². The molecule has 1 aliphatic rings. The second-order valence-corrected chi connectivity index (χ2v) is 8.37. The number of hydrogen-bond acceptors (Lipinski definition) is 3. The first-order chi connectivity index (χ1) is 12.0. The number of benzene rings is 1. The Labute approximate surface area is 155 Å². The van der Waals surface area contributed by atoms with E-state index in [1.54, 1.807) is 11.8 Å². The lowest BCUT2D eigenvalue weighted by Gasteiger charge is -2.16. The minimum atomic E-state index is -0.0535. The molecule has 0 bridgehead atoms. The summed E-state index contributed by atoms with van der Waals surface area (Å²) in [6.45, 7) is 5.96. The number of rotatable bonds is 8. The first-order valence-electron chi connectivity index (χ1n) is 9.25. The maximum absolute atomic E-state index is 12.1. The van der Waals surface area contributed by atoms with Gasteiger partial charge in [-0.3, -0.25) is 9.59 Å². The summed E-state index contributed by atoms with van der Waals surface area (Å²) in [6, 6.07) is 6.37. The van der Waals surface area contributed by atoms with Crippen LogP contribution in [-0.4, -0.2) is 28.9 Å². The van der Waals surface area contributed by atoms with Gasteiger partial charge in [-0.1, -0.05) is 31.0 Å². The highest BCUT2D eigenvalue weighted by atomic mass is 32.2. The van der Waals surface area contributed by atoms with E-state index in [4.69, 9.17) is 0 Å². The van der Waals surface area contributed by atoms with Crippen molar-refractivity contribution in [3.63, 3.8) is 0 Å². The summed E-state index contributed by atoms with van der Waals surface area (Å²) in [6.07, 6.45) is 5.94. The lowest BCUT2D eigenvalue weighted by atomic mass is 10.1. The molecule has 1 atom stereocenters. The summed E-state index contributed by atoms with van der Waals surface area (Å²) in [5.41, 5.74) is 3.09. The first-order valence-corrected chi connectivity index (χ1v) is 10.3. The largest absolute Gasteiger partial charge is 0.352 e. The van der Waals surface area contributed by atoms with E-state index in [2.05, 4.69) is 10.6 Å². The molecule has 1 aromatic carbocycles. The molecule has 2 amide bonds. The van der Waals surface area contributed by atoms with Gasteiger partial charge in [0.05, 0.1) is 5.25 Å². The van der Waals surface area contributed by atoms with Gasteiger partial charge in [-0.15, -0.1) is 11.8 Å². The van der Waals surface area contributed by atoms with Crippen LogP contribution in [0.1, 0.15) is 56.6 Å². The Balaban J connectivity index is 1.64. The Morgan fingerprint density at radius 1 is 1.20 bits per heavy atom. The average Bonchev–Trinajstić information content (AvgIpc) is 3.08. The number of aryl methyl sites for hydroxylation is 2. The van der Waals surface area contributed by atoms with Gasteiger partial charge in [0.15, 0.2) is 0 Å². The van der Waals surface area contributed by atoms with Gasteiger partial charge < -0.3 is 10.6 Å². The molecule has 1 unspecified atom stereocenters. The van der Waals surface area contributed by atoms with Gasteiger partial charge in [-0.25, -0.2) is 0 Å². The zero-order chi connectivity index (χ0) is 18.2. The summed E-state index contributed by atoms with van der Waals surface area (Å²) in [5, 5.41) is 6.09. The fraction of sp³-hybridized carbons (Fsp3) is 0.600. The van der Waals surface area contributed by atoms with Gasteiger partial charge in [0.2, 0.25) is 11.8 Å². The number of nitrogens with one attached hydrogen (secondary N) is 2. The number of amides is 2. The predicted octanol–water partition coefficient (Wildman–Crippen LogP) is 4.20. The molecule has 2 rings (SSSR count). The molecule has 0 aromatic heterocycles. The maximum Gasteiger partial charge on any atom is 0.233 e. The van der Waals surface area contributed by atoms with Crippen LogP contribution < -0.4 is 10.6 Å². The summed E-state index contributed by atoms with van der Waals surface area (Å²) < 4.78 is 0. The molecule has 5 heteroatoms. The predicted molar refractivity (Wildman–Crippen MR) is 106 cm³/mol. The van der Waals surface area contributed by atoms with Crippen LogP contribution in [0.5, 0.6) is 0 Å². The van der Waals surface area contributed by atoms with Crippen LogP contribution in [0.2, 0.25) is 0 Å². The first kappa shape index (κ1) is 19.8. The van der Waals surface area contributed by atoms with Crippen molar-refractivity contribution < 1.29 is 9.59 Å². The zero-order valence-electron chi connectivity index (χ0n) is 15.6. The van der Waals surface area contributed by atoms with E-state index in [1.165, 1.54) is 12.8 Å². The minimum Gasteiger partial charge on any atom is -0.352 e. The highest BCUT2D eigenvalue weighted by Crippen LogP contribution is 2.21. The number of hydrogen-bond donors (Lipinski definition) is 2. The monoisotopic (exact) mass is 362 g/mol. The van der Waals surface area contributed by atoms with E-state index in [0.717, 1.165) is 41.8 Å². The molecular weight excluding hydrogens is 332 g/mol. The van der Waals surface area contributed by atoms with Crippen LogP contribution in [0.15, 0.2) is 18.2 Å². The average molecular weight is 363 g/mol. The number of para-hydroxylation sites is 1. The van der Waals surface area contributed by atoms with Crippen LogP contribution in [0.25, 0.3) is 0 Å². The van der Waals surface area contributed by atoms with Crippen LogP contribution in [0, 0.1) is 13.8 Å². The fourth-order valence-electron chi connectivity index (χ4n) is 3.17. The fourth-order valence-corrected chi connectivity index (χ4v) is 4.05. The lowest BCUT2D eigenvalue weighted by Crippen LogP contribution is -2.37. The molecule has 138 valence electrons. The van der Waals surface area contributed by atoms with Crippen molar-refractivity contribution in [2.24, 2.45) is 0 Å². The van der Waals surface area contributed by atoms with Crippen LogP contribution in [-0.2, 0) is 9.59 Å². The molecule has 1 aromatic rings. The van der Waals surface area contributed by atoms with E-state index < -0.39 is 0 Å². The Hall–Kier alpha value is -1.49. The van der Waals surface area contributed by atoms with Gasteiger partial charge in [-0.05, 0) is 56.9 Å². The van der Waals surface area contributed by atoms with Gasteiger partial charge in [0.1, 0.15) is 0 Å². The molecule has 1 fully saturated rings. The van der Waals surface area contributed by atoms with Crippen LogP contribution in [0.3, 0.4) is 0 Å². The van der Waals surface area contributed by atoms with Crippen LogP contribution in [0.4, 0.5) is 5.69 Å². The molecular formula is C20H30N2O2S. The molecule has 0 spiro atoms. The summed E-state index contributed by atoms with van der Waals surface area (Å²) in [7, 11) is 0. The molecule has 0 radical (unpaired) electrons. The molecule has 25 heavy (non-hydrogen) atoms. The number of thioether (sulfide) groups is 1. The second-order valence-electron chi connectivity index (χ2n) is 6.92. The van der Waals surface area contributed by atoms with Gasteiger partial charge >= 0.3 is 0 Å². The molecule has 0 aliphatic heterocycles. The standard InChI is InChI=1S/C20H30N2O2S/c1-14-8-6-9-15(2)19(14)22-18(23)12-7-13-25-16(3)20(24)21-17-10-4-5-11-17/h6,8-9,16-17H,4-5,7,10-13H2,1-3H3,(H,21,24)(H,22,23). The van der Waals surface area contributed by atoms with Crippen molar-refractivity contribution >= 4 is 29.3 Å². The zero-order valence-corrected chi connectivity index (χ0v) is 16.4. The molecule has 4 nitrogen and oxygen atoms in total. The van der Waals surface area contributed by atoms with Crippen LogP contribution >= 0.6 is 11.8 Å². The third kappa shape index (κ3) is 6.38. The number of carbonyl (C=O) groups is 2. The van der Waals surface area contributed by atoms with Crippen molar-refractivity contribution in [1.29, 1.82) is 0 Å². The van der Waals surface area contributed by atoms with E-state index in [0.29, 0.717) is 12.5 Å². The lowest BCUT2D eigenvalue weighted by molar-refractivity contribution is -0.121. The Morgan fingerprint density at radius 3 is 2.48 bits per heavy atom. The SMILES string of the molecule is Cc1cccc(C)c1NC(=O)CCCSC(C)C(=O)NC1CCCC1. The Kier molecular flexibility index (Phi) is 7.82. The van der Waals surface area contributed by atoms with Gasteiger partial charge in [-0.2, -0.15) is 0 Å². The smallest absolute Gasteiger partial charge is 0.233 e. The summed E-state index contributed by atoms with van der Waals surface area (Å²) >= 11 is 1.63. The quantitative estimate of drug-likeness (QED) is 0.681. The normalized spacial score (nSPS) is 15.8. The van der Waals surface area contributed by atoms with E-state index in [-0.39, 0.29) is 17.1 Å². The van der Waals surface area contributed by atoms with Crippen molar-refractivity contribution in [3.8, 4) is 0 Å². The van der Waals surface area contributed by atoms with Crippen molar-refractivity contribution in [2.75, 3.05) is 11.1 Å². The molecule has 0 heterocycles. The third-order valence-corrected chi connectivity index (χ3v) is 5.97. The Bertz CT molecular complexity index is 577. The second kappa shape index (κ2) is 9.85. The van der Waals surface area contributed by atoms with E-state index in [9.17, 15) is 9.59 Å². The molecule has 1 saturated carbocycles. The highest BCUT2D eigenvalue weighted by molar-refractivity contribution is 8.00. The van der Waals surface area contributed by atoms with Gasteiger partial charge in [0.25, 0.3) is 0 Å². The van der Waals surface area contributed by atoms with Crippen molar-refractivity contribution in [3.05, 3.63) is 29.3 Å². The summed E-state index contributed by atoms with van der Waals surface area (Å²) in [5.74, 6) is 0.998. The highest BCUT2D eigenvalue weighted by Gasteiger charge is 2.20. The Morgan fingerprint density at radius 2 is 1.84 bits per heavy atom. The van der Waals surface area contributed by atoms with Crippen molar-refractivity contribution in [1.82, 2.24) is 5.32 Å². The van der Waals surface area contributed by atoms with Gasteiger partial charge in [0, 0.05) is 18.2 Å². The topological polar surface area (TPSA) is 58.2 Å². The number of carbonyl (C=O) groups excluding carboxylic acids is 2. The third-order valence-electron chi connectivity index (χ3n) is 4.73. The molecule has 0 saturated heterocycles. The minimum absolute atomic E-state index is 0.0426. The molecule has 1 aliphatic carbocycles. The van der Waals surface area contributed by atoms with E-state index in [1.807, 2.05) is 39.0 Å². The number of anilines is 1. The summed E-state index contributed by atoms with van der Waals surface area (Å²) in [4.78, 5) is 24.3.